The maximum absolute atomic E-state index is 8.99. The van der Waals surface area contributed by atoms with Gasteiger partial charge in [0.2, 0.25) is 0 Å². The SMILES string of the molecule is COc1ccccc1CC(CO)OC. The average molecular weight is 196 g/mol. The maximum Gasteiger partial charge on any atom is 0.122 e. The summed E-state index contributed by atoms with van der Waals surface area (Å²) in [5, 5.41) is 8.99. The molecule has 3 heteroatoms. The van der Waals surface area contributed by atoms with Crippen molar-refractivity contribution in [3.05, 3.63) is 29.8 Å². The number of methoxy groups -OCH3 is 2. The van der Waals surface area contributed by atoms with E-state index in [0.29, 0.717) is 6.42 Å². The second-order valence-corrected chi connectivity index (χ2v) is 3.06. The molecule has 1 unspecified atom stereocenters. The van der Waals surface area contributed by atoms with Gasteiger partial charge in [0.05, 0.1) is 19.8 Å². The van der Waals surface area contributed by atoms with Crippen LogP contribution in [0.2, 0.25) is 0 Å². The lowest BCUT2D eigenvalue weighted by molar-refractivity contribution is 0.0491. The minimum Gasteiger partial charge on any atom is -0.496 e. The molecule has 14 heavy (non-hydrogen) atoms. The fraction of sp³-hybridized carbons (Fsp3) is 0.455. The summed E-state index contributed by atoms with van der Waals surface area (Å²) in [6, 6.07) is 7.74. The smallest absolute Gasteiger partial charge is 0.122 e. The molecule has 0 aromatic heterocycles. The van der Waals surface area contributed by atoms with E-state index in [1.54, 1.807) is 14.2 Å². The third-order valence-corrected chi connectivity index (χ3v) is 2.18. The van der Waals surface area contributed by atoms with E-state index in [9.17, 15) is 0 Å². The first-order valence-electron chi connectivity index (χ1n) is 4.57. The van der Waals surface area contributed by atoms with Crippen molar-refractivity contribution in [3.63, 3.8) is 0 Å². The molecule has 0 fully saturated rings. The highest BCUT2D eigenvalue weighted by atomic mass is 16.5. The van der Waals surface area contributed by atoms with Gasteiger partial charge in [0, 0.05) is 13.5 Å². The Morgan fingerprint density at radius 3 is 2.57 bits per heavy atom. The van der Waals surface area contributed by atoms with Crippen LogP contribution >= 0.6 is 0 Å². The summed E-state index contributed by atoms with van der Waals surface area (Å²) in [7, 11) is 3.23. The van der Waals surface area contributed by atoms with Crippen molar-refractivity contribution in [2.45, 2.75) is 12.5 Å². The molecule has 1 aromatic rings. The number of hydrogen-bond acceptors (Lipinski definition) is 3. The van der Waals surface area contributed by atoms with Crippen LogP contribution in [-0.4, -0.2) is 32.0 Å². The Morgan fingerprint density at radius 2 is 2.00 bits per heavy atom. The van der Waals surface area contributed by atoms with Gasteiger partial charge in [-0.3, -0.25) is 0 Å². The molecule has 0 aliphatic heterocycles. The zero-order valence-electron chi connectivity index (χ0n) is 8.56. The van der Waals surface area contributed by atoms with Gasteiger partial charge in [-0.1, -0.05) is 18.2 Å². The lowest BCUT2D eigenvalue weighted by Gasteiger charge is -2.14. The molecule has 0 saturated carbocycles. The van der Waals surface area contributed by atoms with Gasteiger partial charge in [0.15, 0.2) is 0 Å². The van der Waals surface area contributed by atoms with Crippen LogP contribution in [-0.2, 0) is 11.2 Å². The molecule has 78 valence electrons. The van der Waals surface area contributed by atoms with E-state index in [1.807, 2.05) is 24.3 Å². The van der Waals surface area contributed by atoms with Crippen LogP contribution in [0, 0.1) is 0 Å². The number of aliphatic hydroxyl groups excluding tert-OH is 1. The molecule has 1 aromatic carbocycles. The standard InChI is InChI=1S/C11H16O3/c1-13-10(8-12)7-9-5-3-4-6-11(9)14-2/h3-6,10,12H,7-8H2,1-2H3. The highest BCUT2D eigenvalue weighted by molar-refractivity contribution is 5.33. The molecule has 1 atom stereocenters. The van der Waals surface area contributed by atoms with Gasteiger partial charge in [-0.05, 0) is 11.6 Å². The molecule has 0 bridgehead atoms. The summed E-state index contributed by atoms with van der Waals surface area (Å²) in [4.78, 5) is 0. The molecule has 0 aliphatic rings. The monoisotopic (exact) mass is 196 g/mol. The lowest BCUT2D eigenvalue weighted by atomic mass is 10.1. The van der Waals surface area contributed by atoms with Crippen LogP contribution < -0.4 is 4.74 Å². The molecular weight excluding hydrogens is 180 g/mol. The Bertz CT molecular complexity index is 269. The summed E-state index contributed by atoms with van der Waals surface area (Å²) in [6.45, 7) is 0.0224. The van der Waals surface area contributed by atoms with Gasteiger partial charge >= 0.3 is 0 Å². The number of para-hydroxylation sites is 1. The molecular formula is C11H16O3. The van der Waals surface area contributed by atoms with Gasteiger partial charge in [-0.15, -0.1) is 0 Å². The van der Waals surface area contributed by atoms with Crippen molar-refractivity contribution < 1.29 is 14.6 Å². The summed E-state index contributed by atoms with van der Waals surface area (Å²) in [5.74, 6) is 0.836. The highest BCUT2D eigenvalue weighted by Gasteiger charge is 2.09. The van der Waals surface area contributed by atoms with Crippen LogP contribution in [0.25, 0.3) is 0 Å². The third kappa shape index (κ3) is 2.72. The minimum absolute atomic E-state index is 0.0224. The third-order valence-electron chi connectivity index (χ3n) is 2.18. The Hall–Kier alpha value is -1.06. The normalized spacial score (nSPS) is 12.5. The Balaban J connectivity index is 2.74. The summed E-state index contributed by atoms with van der Waals surface area (Å²) in [6.07, 6.45) is 0.503. The second kappa shape index (κ2) is 5.62. The lowest BCUT2D eigenvalue weighted by Crippen LogP contribution is -2.18. The summed E-state index contributed by atoms with van der Waals surface area (Å²) < 4.78 is 10.3. The largest absolute Gasteiger partial charge is 0.496 e. The molecule has 3 nitrogen and oxygen atoms in total. The quantitative estimate of drug-likeness (QED) is 0.770. The van der Waals surface area contributed by atoms with Crippen LogP contribution in [0.5, 0.6) is 5.75 Å². The van der Waals surface area contributed by atoms with Gasteiger partial charge in [0.25, 0.3) is 0 Å². The van der Waals surface area contributed by atoms with E-state index in [1.165, 1.54) is 0 Å². The molecule has 0 aliphatic carbocycles. The van der Waals surface area contributed by atoms with Crippen LogP contribution in [0.4, 0.5) is 0 Å². The van der Waals surface area contributed by atoms with Crippen molar-refractivity contribution >= 4 is 0 Å². The van der Waals surface area contributed by atoms with Gasteiger partial charge in [-0.2, -0.15) is 0 Å². The van der Waals surface area contributed by atoms with Crippen molar-refractivity contribution in [3.8, 4) is 5.75 Å². The number of hydrogen-bond donors (Lipinski definition) is 1. The summed E-state index contributed by atoms with van der Waals surface area (Å²) >= 11 is 0. The maximum atomic E-state index is 8.99. The van der Waals surface area contributed by atoms with Gasteiger partial charge < -0.3 is 14.6 Å². The van der Waals surface area contributed by atoms with E-state index in [-0.39, 0.29) is 12.7 Å². The van der Waals surface area contributed by atoms with E-state index in [0.717, 1.165) is 11.3 Å². The first kappa shape index (κ1) is 11.0. The number of rotatable bonds is 5. The second-order valence-electron chi connectivity index (χ2n) is 3.06. The van der Waals surface area contributed by atoms with Crippen molar-refractivity contribution in [2.24, 2.45) is 0 Å². The molecule has 0 saturated heterocycles. The molecule has 1 rings (SSSR count). The van der Waals surface area contributed by atoms with Crippen molar-refractivity contribution in [2.75, 3.05) is 20.8 Å². The Labute approximate surface area is 84.3 Å². The Morgan fingerprint density at radius 1 is 1.29 bits per heavy atom. The molecule has 0 radical (unpaired) electrons. The topological polar surface area (TPSA) is 38.7 Å². The number of aliphatic hydroxyl groups is 1. The molecule has 0 heterocycles. The van der Waals surface area contributed by atoms with E-state index in [4.69, 9.17) is 14.6 Å². The zero-order chi connectivity index (χ0) is 10.4. The first-order chi connectivity index (χ1) is 6.81. The summed E-state index contributed by atoms with van der Waals surface area (Å²) in [5.41, 5.74) is 1.05. The molecule has 1 N–H and O–H groups in total. The minimum atomic E-state index is -0.161. The van der Waals surface area contributed by atoms with E-state index < -0.39 is 0 Å². The van der Waals surface area contributed by atoms with Gasteiger partial charge in [0.1, 0.15) is 5.75 Å². The number of benzene rings is 1. The zero-order valence-corrected chi connectivity index (χ0v) is 8.56. The fourth-order valence-corrected chi connectivity index (χ4v) is 1.34. The van der Waals surface area contributed by atoms with E-state index >= 15 is 0 Å². The fourth-order valence-electron chi connectivity index (χ4n) is 1.34. The average Bonchev–Trinajstić information content (AvgIpc) is 2.26. The van der Waals surface area contributed by atoms with Crippen LogP contribution in [0.1, 0.15) is 5.56 Å². The first-order valence-corrected chi connectivity index (χ1v) is 4.57. The van der Waals surface area contributed by atoms with E-state index in [2.05, 4.69) is 0 Å². The highest BCUT2D eigenvalue weighted by Crippen LogP contribution is 2.19. The van der Waals surface area contributed by atoms with Crippen LogP contribution in [0.15, 0.2) is 24.3 Å². The predicted molar refractivity (Wildman–Crippen MR) is 54.6 cm³/mol. The molecule has 0 amide bonds. The van der Waals surface area contributed by atoms with Gasteiger partial charge in [-0.25, -0.2) is 0 Å². The van der Waals surface area contributed by atoms with Crippen LogP contribution in [0.3, 0.4) is 0 Å². The molecule has 0 spiro atoms. The Kier molecular flexibility index (Phi) is 4.43. The van der Waals surface area contributed by atoms with Crippen molar-refractivity contribution in [1.82, 2.24) is 0 Å². The van der Waals surface area contributed by atoms with Crippen molar-refractivity contribution in [1.29, 1.82) is 0 Å². The predicted octanol–water partition coefficient (Wildman–Crippen LogP) is 1.24. The number of ether oxygens (including phenoxy) is 2.